The van der Waals surface area contributed by atoms with Crippen molar-refractivity contribution in [2.75, 3.05) is 5.73 Å². The molecular formula is C12H11ClFN3O. The van der Waals surface area contributed by atoms with Crippen molar-refractivity contribution < 1.29 is 9.13 Å². The molecule has 0 spiro atoms. The van der Waals surface area contributed by atoms with Crippen molar-refractivity contribution in [3.05, 3.63) is 47.0 Å². The third-order valence-corrected chi connectivity index (χ3v) is 2.61. The van der Waals surface area contributed by atoms with E-state index in [1.807, 2.05) is 0 Å². The van der Waals surface area contributed by atoms with Gasteiger partial charge in [0, 0.05) is 6.20 Å². The number of nitrogens with two attached hydrogens (primary N) is 1. The Morgan fingerprint density at radius 2 is 2.17 bits per heavy atom. The van der Waals surface area contributed by atoms with E-state index in [0.717, 1.165) is 0 Å². The lowest BCUT2D eigenvalue weighted by atomic mass is 10.2. The second-order valence-electron chi connectivity index (χ2n) is 3.67. The van der Waals surface area contributed by atoms with Crippen LogP contribution in [-0.2, 0) is 0 Å². The molecule has 2 N–H and O–H groups in total. The van der Waals surface area contributed by atoms with Crippen LogP contribution in [0.3, 0.4) is 0 Å². The maximum Gasteiger partial charge on any atom is 0.220 e. The Labute approximate surface area is 109 Å². The molecule has 94 valence electrons. The Balaban J connectivity index is 2.18. The normalized spacial score (nSPS) is 12.2. The van der Waals surface area contributed by atoms with Crippen LogP contribution in [0.25, 0.3) is 0 Å². The van der Waals surface area contributed by atoms with E-state index in [1.165, 1.54) is 18.2 Å². The van der Waals surface area contributed by atoms with Crippen LogP contribution in [-0.4, -0.2) is 9.97 Å². The zero-order valence-electron chi connectivity index (χ0n) is 9.60. The molecule has 2 rings (SSSR count). The lowest BCUT2D eigenvalue weighted by Crippen LogP contribution is -2.08. The number of halogens is 2. The zero-order chi connectivity index (χ0) is 13.1. The molecule has 1 aromatic heterocycles. The van der Waals surface area contributed by atoms with Gasteiger partial charge in [-0.1, -0.05) is 11.6 Å². The maximum atomic E-state index is 12.9. The van der Waals surface area contributed by atoms with E-state index >= 15 is 0 Å². The number of nitrogen functional groups attached to an aromatic ring is 1. The molecule has 0 aliphatic carbocycles. The highest BCUT2D eigenvalue weighted by atomic mass is 35.5. The van der Waals surface area contributed by atoms with Crippen molar-refractivity contribution in [2.45, 2.75) is 13.0 Å². The average molecular weight is 268 g/mol. The molecule has 0 aliphatic heterocycles. The van der Waals surface area contributed by atoms with Gasteiger partial charge in [0.05, 0.1) is 10.7 Å². The molecule has 0 fully saturated rings. The van der Waals surface area contributed by atoms with Crippen molar-refractivity contribution in [3.63, 3.8) is 0 Å². The lowest BCUT2D eigenvalue weighted by Gasteiger charge is -2.15. The van der Waals surface area contributed by atoms with E-state index < -0.39 is 5.82 Å². The molecule has 1 heterocycles. The second-order valence-corrected chi connectivity index (χ2v) is 4.08. The second kappa shape index (κ2) is 5.18. The lowest BCUT2D eigenvalue weighted by molar-refractivity contribution is 0.222. The van der Waals surface area contributed by atoms with E-state index in [1.54, 1.807) is 19.2 Å². The van der Waals surface area contributed by atoms with Crippen molar-refractivity contribution in [1.29, 1.82) is 0 Å². The fraction of sp³-hybridized carbons (Fsp3) is 0.167. The van der Waals surface area contributed by atoms with Gasteiger partial charge in [-0.15, -0.1) is 0 Å². The van der Waals surface area contributed by atoms with Gasteiger partial charge < -0.3 is 10.5 Å². The first kappa shape index (κ1) is 12.6. The number of nitrogens with zero attached hydrogens (tertiary/aromatic N) is 2. The molecule has 0 saturated carbocycles. The Bertz CT molecular complexity index is 565. The summed E-state index contributed by atoms with van der Waals surface area (Å²) < 4.78 is 18.5. The number of ether oxygens (including phenoxy) is 1. The number of hydrogen-bond acceptors (Lipinski definition) is 4. The smallest absolute Gasteiger partial charge is 0.220 e. The van der Waals surface area contributed by atoms with E-state index in [2.05, 4.69) is 9.97 Å². The number of anilines is 1. The highest BCUT2D eigenvalue weighted by Crippen LogP contribution is 2.29. The molecule has 0 bridgehead atoms. The van der Waals surface area contributed by atoms with E-state index in [9.17, 15) is 4.39 Å². The maximum absolute atomic E-state index is 12.9. The summed E-state index contributed by atoms with van der Waals surface area (Å²) in [5.74, 6) is 0.155. The molecule has 0 aliphatic rings. The minimum absolute atomic E-state index is 0.174. The van der Waals surface area contributed by atoms with Gasteiger partial charge in [0.15, 0.2) is 0 Å². The molecule has 0 unspecified atom stereocenters. The van der Waals surface area contributed by atoms with Gasteiger partial charge in [-0.2, -0.15) is 0 Å². The summed E-state index contributed by atoms with van der Waals surface area (Å²) in [4.78, 5) is 7.83. The van der Waals surface area contributed by atoms with Gasteiger partial charge in [-0.3, -0.25) is 0 Å². The number of rotatable bonds is 3. The summed E-state index contributed by atoms with van der Waals surface area (Å²) in [6.07, 6.45) is 1.18. The van der Waals surface area contributed by atoms with Crippen LogP contribution in [0, 0.1) is 5.82 Å². The van der Waals surface area contributed by atoms with Crippen LogP contribution >= 0.6 is 11.6 Å². The molecule has 1 aromatic carbocycles. The summed E-state index contributed by atoms with van der Waals surface area (Å²) in [5.41, 5.74) is 6.11. The summed E-state index contributed by atoms with van der Waals surface area (Å²) >= 11 is 5.87. The van der Waals surface area contributed by atoms with Crippen molar-refractivity contribution in [1.82, 2.24) is 9.97 Å². The minimum atomic E-state index is -0.411. The first-order valence-corrected chi connectivity index (χ1v) is 5.64. The monoisotopic (exact) mass is 267 g/mol. The van der Waals surface area contributed by atoms with Crippen LogP contribution in [0.4, 0.5) is 10.3 Å². The molecule has 0 amide bonds. The summed E-state index contributed by atoms with van der Waals surface area (Å²) in [6, 6.07) is 5.64. The Hall–Kier alpha value is -1.88. The van der Waals surface area contributed by atoms with Crippen LogP contribution < -0.4 is 10.5 Å². The van der Waals surface area contributed by atoms with E-state index in [-0.39, 0.29) is 17.1 Å². The van der Waals surface area contributed by atoms with E-state index in [0.29, 0.717) is 11.4 Å². The van der Waals surface area contributed by atoms with E-state index in [4.69, 9.17) is 22.1 Å². The highest BCUT2D eigenvalue weighted by Gasteiger charge is 2.12. The standard InChI is InChI=1S/C12H11ClFN3O/c1-7(10-4-5-16-12(15)17-10)18-11-3-2-8(14)6-9(11)13/h2-7H,1H3,(H2,15,16,17)/t7-/m1/s1. The van der Waals surface area contributed by atoms with Gasteiger partial charge in [-0.05, 0) is 31.2 Å². The third-order valence-electron chi connectivity index (χ3n) is 2.31. The molecule has 0 radical (unpaired) electrons. The first-order valence-electron chi connectivity index (χ1n) is 5.26. The molecule has 2 aromatic rings. The number of aromatic nitrogens is 2. The van der Waals surface area contributed by atoms with Crippen LogP contribution in [0.5, 0.6) is 5.75 Å². The molecule has 4 nitrogen and oxygen atoms in total. The predicted octanol–water partition coefficient (Wildman–Crippen LogP) is 2.99. The van der Waals surface area contributed by atoms with Crippen LogP contribution in [0.15, 0.2) is 30.5 Å². The SMILES string of the molecule is C[C@@H](Oc1ccc(F)cc1Cl)c1ccnc(N)n1. The van der Waals surface area contributed by atoms with Gasteiger partial charge in [-0.25, -0.2) is 14.4 Å². The summed E-state index contributed by atoms with van der Waals surface area (Å²) in [7, 11) is 0. The predicted molar refractivity (Wildman–Crippen MR) is 66.9 cm³/mol. The Morgan fingerprint density at radius 3 is 2.83 bits per heavy atom. The third kappa shape index (κ3) is 2.87. The molecular weight excluding hydrogens is 257 g/mol. The van der Waals surface area contributed by atoms with Crippen molar-refractivity contribution in [3.8, 4) is 5.75 Å². The van der Waals surface area contributed by atoms with Gasteiger partial charge in [0.2, 0.25) is 5.95 Å². The molecule has 6 heteroatoms. The summed E-state index contributed by atoms with van der Waals surface area (Å²) in [6.45, 7) is 1.79. The van der Waals surface area contributed by atoms with Gasteiger partial charge >= 0.3 is 0 Å². The average Bonchev–Trinajstić information content (AvgIpc) is 2.32. The van der Waals surface area contributed by atoms with Crippen LogP contribution in [0.2, 0.25) is 5.02 Å². The molecule has 1 atom stereocenters. The Kier molecular flexibility index (Phi) is 3.62. The topological polar surface area (TPSA) is 61.0 Å². The van der Waals surface area contributed by atoms with Crippen molar-refractivity contribution in [2.24, 2.45) is 0 Å². The van der Waals surface area contributed by atoms with Crippen LogP contribution in [0.1, 0.15) is 18.7 Å². The highest BCUT2D eigenvalue weighted by molar-refractivity contribution is 6.32. The number of hydrogen-bond donors (Lipinski definition) is 1. The van der Waals surface area contributed by atoms with Gasteiger partial charge in [0.25, 0.3) is 0 Å². The number of benzene rings is 1. The summed E-state index contributed by atoms with van der Waals surface area (Å²) in [5, 5.41) is 0.212. The molecule has 18 heavy (non-hydrogen) atoms. The quantitative estimate of drug-likeness (QED) is 0.929. The minimum Gasteiger partial charge on any atom is -0.483 e. The Morgan fingerprint density at radius 1 is 1.39 bits per heavy atom. The fourth-order valence-corrected chi connectivity index (χ4v) is 1.65. The fourth-order valence-electron chi connectivity index (χ4n) is 1.44. The molecule has 0 saturated heterocycles. The first-order chi connectivity index (χ1) is 8.56. The largest absolute Gasteiger partial charge is 0.483 e. The van der Waals surface area contributed by atoms with Crippen molar-refractivity contribution >= 4 is 17.5 Å². The zero-order valence-corrected chi connectivity index (χ0v) is 10.4. The van der Waals surface area contributed by atoms with Gasteiger partial charge in [0.1, 0.15) is 17.7 Å².